The van der Waals surface area contributed by atoms with Gasteiger partial charge < -0.3 is 21.1 Å². The van der Waals surface area contributed by atoms with Gasteiger partial charge in [-0.1, -0.05) is 13.8 Å². The largest absolute Gasteiger partial charge is 0.444 e. The highest BCUT2D eigenvalue weighted by Gasteiger charge is 2.15. The summed E-state index contributed by atoms with van der Waals surface area (Å²) in [5.41, 5.74) is 5.22. The topological polar surface area (TPSA) is 93.5 Å². The third-order valence-electron chi connectivity index (χ3n) is 2.30. The highest BCUT2D eigenvalue weighted by molar-refractivity contribution is 5.81. The molecule has 0 radical (unpaired) electrons. The monoisotopic (exact) mass is 303 g/mol. The van der Waals surface area contributed by atoms with Crippen molar-refractivity contribution in [3.05, 3.63) is 0 Å². The van der Waals surface area contributed by atoms with Crippen molar-refractivity contribution in [3.63, 3.8) is 0 Å². The molecule has 0 aliphatic carbocycles. The van der Waals surface area contributed by atoms with E-state index >= 15 is 0 Å². The van der Waals surface area contributed by atoms with Gasteiger partial charge in [0.1, 0.15) is 5.60 Å². The molecule has 6 nitrogen and oxygen atoms in total. The molecule has 0 aromatic heterocycles. The zero-order valence-corrected chi connectivity index (χ0v) is 14.4. The molecule has 0 saturated heterocycles. The number of nitrogens with one attached hydrogen (secondary N) is 2. The Morgan fingerprint density at radius 3 is 2.19 bits per heavy atom. The number of hydrogen-bond acceptors (Lipinski definition) is 4. The van der Waals surface area contributed by atoms with E-state index in [4.69, 9.17) is 10.5 Å². The number of rotatable bonds is 7. The molecule has 0 fully saturated rings. The fraction of sp³-hybridized carbons (Fsp3) is 0.867. The fourth-order valence-corrected chi connectivity index (χ4v) is 1.43. The quantitative estimate of drug-likeness (QED) is 0.628. The van der Waals surface area contributed by atoms with Gasteiger partial charge >= 0.3 is 6.09 Å². The highest BCUT2D eigenvalue weighted by atomic mass is 16.6. The van der Waals surface area contributed by atoms with Gasteiger partial charge in [0, 0.05) is 13.1 Å². The molecule has 0 aromatic rings. The van der Waals surface area contributed by atoms with Crippen LogP contribution in [0.25, 0.3) is 0 Å². The third-order valence-corrected chi connectivity index (χ3v) is 2.30. The number of amides is 2. The minimum atomic E-state index is -0.481. The number of likely N-dealkylation sites (N-methyl/N-ethyl adjacent to an activating group) is 1. The van der Waals surface area contributed by atoms with E-state index < -0.39 is 17.7 Å². The highest BCUT2D eigenvalue weighted by Crippen LogP contribution is 2.06. The summed E-state index contributed by atoms with van der Waals surface area (Å²) in [4.78, 5) is 22.7. The van der Waals surface area contributed by atoms with Crippen molar-refractivity contribution in [1.29, 1.82) is 0 Å². The zero-order valence-electron chi connectivity index (χ0n) is 14.4. The van der Waals surface area contributed by atoms with E-state index in [0.29, 0.717) is 19.5 Å². The van der Waals surface area contributed by atoms with Crippen molar-refractivity contribution >= 4 is 12.0 Å². The predicted molar refractivity (Wildman–Crippen MR) is 86.1 cm³/mol. The summed E-state index contributed by atoms with van der Waals surface area (Å²) in [5.74, 6) is -0.123. The van der Waals surface area contributed by atoms with E-state index in [1.165, 1.54) is 0 Å². The molecule has 21 heavy (non-hydrogen) atoms. The van der Waals surface area contributed by atoms with E-state index in [2.05, 4.69) is 10.6 Å². The molecule has 0 saturated carbocycles. The van der Waals surface area contributed by atoms with Gasteiger partial charge in [0.25, 0.3) is 0 Å². The second-order valence-corrected chi connectivity index (χ2v) is 5.43. The van der Waals surface area contributed by atoms with Crippen molar-refractivity contribution in [2.24, 2.45) is 5.73 Å². The molecule has 2 amide bonds. The van der Waals surface area contributed by atoms with Crippen molar-refractivity contribution in [3.8, 4) is 0 Å². The molecular formula is C15H33N3O3. The number of nitrogens with two attached hydrogens (primary N) is 1. The van der Waals surface area contributed by atoms with Gasteiger partial charge in [0.05, 0.1) is 6.04 Å². The van der Waals surface area contributed by atoms with E-state index in [-0.39, 0.29) is 5.91 Å². The number of ether oxygens (including phenoxy) is 1. The summed E-state index contributed by atoms with van der Waals surface area (Å²) in [6.07, 6.45) is 1.75. The van der Waals surface area contributed by atoms with E-state index in [1.54, 1.807) is 0 Å². The minimum Gasteiger partial charge on any atom is -0.444 e. The normalized spacial score (nSPS) is 11.8. The summed E-state index contributed by atoms with van der Waals surface area (Å²) in [6, 6.07) is -0.471. The number of alkyl carbamates (subject to hydrolysis) is 1. The van der Waals surface area contributed by atoms with Crippen LogP contribution in [0.3, 0.4) is 0 Å². The third kappa shape index (κ3) is 14.9. The Hall–Kier alpha value is -1.30. The summed E-state index contributed by atoms with van der Waals surface area (Å²) >= 11 is 0. The lowest BCUT2D eigenvalue weighted by molar-refractivity contribution is -0.122. The number of carbonyl (C=O) groups is 2. The first-order valence-corrected chi connectivity index (χ1v) is 7.76. The van der Waals surface area contributed by atoms with Gasteiger partial charge in [-0.3, -0.25) is 4.79 Å². The molecule has 4 N–H and O–H groups in total. The van der Waals surface area contributed by atoms with E-state index in [9.17, 15) is 9.59 Å². The molecule has 1 unspecified atom stereocenters. The summed E-state index contributed by atoms with van der Waals surface area (Å²) in [6.45, 7) is 12.4. The Morgan fingerprint density at radius 1 is 1.14 bits per heavy atom. The van der Waals surface area contributed by atoms with E-state index in [0.717, 1.165) is 12.8 Å². The predicted octanol–water partition coefficient (Wildman–Crippen LogP) is 2.17. The number of hydrogen-bond donors (Lipinski definition) is 3. The Kier molecular flexibility index (Phi) is 13.0. The first-order valence-electron chi connectivity index (χ1n) is 7.76. The molecule has 0 aliphatic heterocycles. The minimum absolute atomic E-state index is 0.123. The first kappa shape index (κ1) is 22.0. The number of unbranched alkanes of at least 4 members (excludes halogenated alkanes) is 1. The molecule has 0 bridgehead atoms. The van der Waals surface area contributed by atoms with Crippen LogP contribution < -0.4 is 16.4 Å². The molecular weight excluding hydrogens is 270 g/mol. The van der Waals surface area contributed by atoms with Crippen molar-refractivity contribution in [1.82, 2.24) is 10.6 Å². The maximum atomic E-state index is 11.3. The zero-order chi connectivity index (χ0) is 16.9. The van der Waals surface area contributed by atoms with Gasteiger partial charge in [-0.2, -0.15) is 0 Å². The van der Waals surface area contributed by atoms with Crippen LogP contribution in [0.1, 0.15) is 60.8 Å². The molecule has 1 atom stereocenters. The molecule has 0 rings (SSSR count). The van der Waals surface area contributed by atoms with Gasteiger partial charge in [0.15, 0.2) is 0 Å². The Labute approximate surface area is 129 Å². The standard InChI is InChI=1S/C13H27N3O3.C2H6/c1-5-15-11(17)10(14)8-6-7-9-16-12(18)19-13(2,3)4;1-2/h10H,5-9,14H2,1-4H3,(H,15,17)(H,16,18);1-2H3. The Bertz CT molecular complexity index is 288. The summed E-state index contributed by atoms with van der Waals surface area (Å²) in [5, 5.41) is 5.34. The van der Waals surface area contributed by atoms with Crippen LogP contribution in [0.15, 0.2) is 0 Å². The second-order valence-electron chi connectivity index (χ2n) is 5.43. The summed E-state index contributed by atoms with van der Waals surface area (Å²) in [7, 11) is 0. The maximum Gasteiger partial charge on any atom is 0.407 e. The van der Waals surface area contributed by atoms with Crippen LogP contribution in [0.5, 0.6) is 0 Å². The molecule has 126 valence electrons. The Morgan fingerprint density at radius 2 is 1.71 bits per heavy atom. The lowest BCUT2D eigenvalue weighted by Crippen LogP contribution is -2.40. The van der Waals surface area contributed by atoms with Gasteiger partial charge in [0.2, 0.25) is 5.91 Å². The van der Waals surface area contributed by atoms with Crippen LogP contribution in [0.4, 0.5) is 4.79 Å². The van der Waals surface area contributed by atoms with Crippen LogP contribution in [0, 0.1) is 0 Å². The lowest BCUT2D eigenvalue weighted by Gasteiger charge is -2.19. The van der Waals surface area contributed by atoms with Gasteiger partial charge in [-0.15, -0.1) is 0 Å². The first-order chi connectivity index (χ1) is 9.76. The fourth-order valence-electron chi connectivity index (χ4n) is 1.43. The van der Waals surface area contributed by atoms with Crippen LogP contribution in [-0.2, 0) is 9.53 Å². The molecule has 0 aliphatic rings. The van der Waals surface area contributed by atoms with Gasteiger partial charge in [-0.25, -0.2) is 4.79 Å². The van der Waals surface area contributed by atoms with Crippen molar-refractivity contribution < 1.29 is 14.3 Å². The SMILES string of the molecule is CC.CCNC(=O)C(N)CCCCNC(=O)OC(C)(C)C. The van der Waals surface area contributed by atoms with Crippen LogP contribution >= 0.6 is 0 Å². The Balaban J connectivity index is 0. The van der Waals surface area contributed by atoms with Crippen LogP contribution in [-0.4, -0.2) is 36.7 Å². The molecule has 0 heterocycles. The average molecular weight is 303 g/mol. The van der Waals surface area contributed by atoms with Crippen molar-refractivity contribution in [2.45, 2.75) is 72.4 Å². The van der Waals surface area contributed by atoms with E-state index in [1.807, 2.05) is 41.5 Å². The van der Waals surface area contributed by atoms with Crippen molar-refractivity contribution in [2.75, 3.05) is 13.1 Å². The molecule has 0 aromatic carbocycles. The lowest BCUT2D eigenvalue weighted by atomic mass is 10.1. The van der Waals surface area contributed by atoms with Crippen LogP contribution in [0.2, 0.25) is 0 Å². The van der Waals surface area contributed by atoms with Gasteiger partial charge in [-0.05, 0) is 47.0 Å². The second kappa shape index (κ2) is 12.4. The molecule has 6 heteroatoms. The number of carbonyl (C=O) groups excluding carboxylic acids is 2. The average Bonchev–Trinajstić information content (AvgIpc) is 2.38. The smallest absolute Gasteiger partial charge is 0.407 e. The summed E-state index contributed by atoms with van der Waals surface area (Å²) < 4.78 is 5.10. The maximum absolute atomic E-state index is 11.3. The molecule has 0 spiro atoms.